The molecule has 2 aromatic heterocycles. The van der Waals surface area contributed by atoms with Crippen molar-refractivity contribution >= 4 is 5.95 Å². The highest BCUT2D eigenvalue weighted by Gasteiger charge is 2.04. The lowest BCUT2D eigenvalue weighted by Gasteiger charge is -2.00. The van der Waals surface area contributed by atoms with Crippen LogP contribution in [0.2, 0.25) is 0 Å². The molecule has 0 saturated heterocycles. The van der Waals surface area contributed by atoms with Crippen LogP contribution in [0.15, 0.2) is 6.33 Å². The molecule has 0 saturated carbocycles. The number of anilines is 1. The largest absolute Gasteiger partial charge is 0.367 e. The van der Waals surface area contributed by atoms with E-state index in [1.807, 2.05) is 11.6 Å². The minimum atomic E-state index is 0.312. The number of nitrogen functional groups attached to an aromatic ring is 1. The number of aromatic nitrogens is 7. The van der Waals surface area contributed by atoms with Gasteiger partial charge in [0.2, 0.25) is 5.95 Å². The van der Waals surface area contributed by atoms with Gasteiger partial charge in [0.15, 0.2) is 0 Å². The van der Waals surface area contributed by atoms with Crippen molar-refractivity contribution in [3.63, 3.8) is 0 Å². The van der Waals surface area contributed by atoms with Gasteiger partial charge < -0.3 is 10.3 Å². The predicted molar refractivity (Wildman–Crippen MR) is 46.9 cm³/mol. The zero-order valence-corrected chi connectivity index (χ0v) is 7.70. The highest BCUT2D eigenvalue weighted by atomic mass is 15.6. The molecule has 14 heavy (non-hydrogen) atoms. The third-order valence-corrected chi connectivity index (χ3v) is 1.91. The monoisotopic (exact) mass is 194 g/mol. The van der Waals surface area contributed by atoms with Crippen LogP contribution in [0, 0.1) is 0 Å². The molecule has 2 N–H and O–H groups in total. The van der Waals surface area contributed by atoms with E-state index in [0.717, 1.165) is 5.82 Å². The first-order chi connectivity index (χ1) is 6.77. The zero-order chi connectivity index (χ0) is 9.97. The summed E-state index contributed by atoms with van der Waals surface area (Å²) in [7, 11) is 1.89. The Morgan fingerprint density at radius 1 is 1.43 bits per heavy atom. The molecule has 0 unspecified atom stereocenters. The second kappa shape index (κ2) is 3.40. The van der Waals surface area contributed by atoms with Gasteiger partial charge in [-0.15, -0.1) is 10.2 Å². The summed E-state index contributed by atoms with van der Waals surface area (Å²) in [6, 6.07) is 0. The Bertz CT molecular complexity index is 375. The summed E-state index contributed by atoms with van der Waals surface area (Å²) < 4.78 is 3.37. The Morgan fingerprint density at radius 3 is 2.86 bits per heavy atom. The maximum atomic E-state index is 5.50. The molecule has 0 atom stereocenters. The van der Waals surface area contributed by atoms with Gasteiger partial charge in [-0.25, -0.2) is 4.68 Å². The first-order valence-corrected chi connectivity index (χ1v) is 4.12. The molecule has 0 aromatic carbocycles. The minimum absolute atomic E-state index is 0.312. The summed E-state index contributed by atoms with van der Waals surface area (Å²) >= 11 is 0. The summed E-state index contributed by atoms with van der Waals surface area (Å²) in [4.78, 5) is 0. The lowest BCUT2D eigenvalue weighted by Crippen LogP contribution is -2.09. The molecule has 0 bridgehead atoms. The quantitative estimate of drug-likeness (QED) is 0.646. The van der Waals surface area contributed by atoms with E-state index in [9.17, 15) is 0 Å². The summed E-state index contributed by atoms with van der Waals surface area (Å²) in [5.41, 5.74) is 5.50. The van der Waals surface area contributed by atoms with Gasteiger partial charge in [-0.2, -0.15) is 0 Å². The van der Waals surface area contributed by atoms with Gasteiger partial charge in [0.1, 0.15) is 12.2 Å². The Labute approximate surface area is 79.7 Å². The van der Waals surface area contributed by atoms with E-state index >= 15 is 0 Å². The average molecular weight is 194 g/mol. The van der Waals surface area contributed by atoms with Gasteiger partial charge in [0.05, 0.1) is 6.54 Å². The molecular formula is C6H10N8. The SMILES string of the molecule is Cn1cnnc1CCn1nnnc1N. The van der Waals surface area contributed by atoms with E-state index in [1.165, 1.54) is 4.68 Å². The summed E-state index contributed by atoms with van der Waals surface area (Å²) in [6.07, 6.45) is 2.35. The average Bonchev–Trinajstić information content (AvgIpc) is 2.72. The van der Waals surface area contributed by atoms with Crippen LogP contribution < -0.4 is 5.73 Å². The van der Waals surface area contributed by atoms with Crippen molar-refractivity contribution in [2.24, 2.45) is 7.05 Å². The van der Waals surface area contributed by atoms with Gasteiger partial charge >= 0.3 is 0 Å². The Hall–Kier alpha value is -1.99. The highest BCUT2D eigenvalue weighted by Crippen LogP contribution is 1.98. The van der Waals surface area contributed by atoms with Crippen molar-refractivity contribution in [1.82, 2.24) is 35.0 Å². The second-order valence-corrected chi connectivity index (χ2v) is 2.87. The third-order valence-electron chi connectivity index (χ3n) is 1.91. The molecule has 0 spiro atoms. The summed E-state index contributed by atoms with van der Waals surface area (Å²) in [6.45, 7) is 0.603. The molecule has 0 amide bonds. The lowest BCUT2D eigenvalue weighted by atomic mass is 10.4. The smallest absolute Gasteiger partial charge is 0.240 e. The number of tetrazole rings is 1. The molecule has 74 valence electrons. The number of aryl methyl sites for hydroxylation is 3. The maximum Gasteiger partial charge on any atom is 0.240 e. The Balaban J connectivity index is 2.02. The third kappa shape index (κ3) is 1.53. The topological polar surface area (TPSA) is 100 Å². The first kappa shape index (κ1) is 8.60. The molecule has 8 nitrogen and oxygen atoms in total. The molecule has 0 aliphatic carbocycles. The van der Waals surface area contributed by atoms with Crippen LogP contribution in [0.3, 0.4) is 0 Å². The van der Waals surface area contributed by atoms with E-state index in [2.05, 4.69) is 25.7 Å². The van der Waals surface area contributed by atoms with Crippen LogP contribution in [0.5, 0.6) is 0 Å². The van der Waals surface area contributed by atoms with Crippen LogP contribution >= 0.6 is 0 Å². The summed E-state index contributed by atoms with van der Waals surface area (Å²) in [5.74, 6) is 1.19. The van der Waals surface area contributed by atoms with E-state index < -0.39 is 0 Å². The molecular weight excluding hydrogens is 184 g/mol. The molecule has 2 heterocycles. The number of hydrogen-bond donors (Lipinski definition) is 1. The van der Waals surface area contributed by atoms with Gasteiger partial charge in [-0.1, -0.05) is 5.10 Å². The van der Waals surface area contributed by atoms with E-state index in [1.54, 1.807) is 6.33 Å². The molecule has 0 fully saturated rings. The standard InChI is InChI=1S/C6H10N8/c1-13-4-8-9-5(13)2-3-14-6(7)10-11-12-14/h4H,2-3H2,1H3,(H2,7,10,12). The first-order valence-electron chi connectivity index (χ1n) is 4.12. The van der Waals surface area contributed by atoms with Crippen molar-refractivity contribution in [3.8, 4) is 0 Å². The highest BCUT2D eigenvalue weighted by molar-refractivity contribution is 5.09. The van der Waals surface area contributed by atoms with E-state index in [-0.39, 0.29) is 0 Å². The van der Waals surface area contributed by atoms with E-state index in [4.69, 9.17) is 5.73 Å². The number of hydrogen-bond acceptors (Lipinski definition) is 6. The van der Waals surface area contributed by atoms with Crippen molar-refractivity contribution in [2.75, 3.05) is 5.73 Å². The minimum Gasteiger partial charge on any atom is -0.367 e. The van der Waals surface area contributed by atoms with Gasteiger partial charge in [0.25, 0.3) is 0 Å². The zero-order valence-electron chi connectivity index (χ0n) is 7.70. The normalized spacial score (nSPS) is 10.6. The lowest BCUT2D eigenvalue weighted by molar-refractivity contribution is 0.574. The number of rotatable bonds is 3. The Kier molecular flexibility index (Phi) is 2.09. The second-order valence-electron chi connectivity index (χ2n) is 2.87. The van der Waals surface area contributed by atoms with Crippen LogP contribution in [-0.2, 0) is 20.0 Å². The fourth-order valence-corrected chi connectivity index (χ4v) is 1.11. The Morgan fingerprint density at radius 2 is 2.29 bits per heavy atom. The van der Waals surface area contributed by atoms with Crippen LogP contribution in [-0.4, -0.2) is 35.0 Å². The molecule has 0 radical (unpaired) electrons. The molecule has 0 aliphatic rings. The number of nitrogens with zero attached hydrogens (tertiary/aromatic N) is 7. The fourth-order valence-electron chi connectivity index (χ4n) is 1.11. The molecule has 0 aliphatic heterocycles. The van der Waals surface area contributed by atoms with Crippen molar-refractivity contribution in [3.05, 3.63) is 12.2 Å². The summed E-state index contributed by atoms with van der Waals surface area (Å²) in [5, 5.41) is 18.4. The number of nitrogens with two attached hydrogens (primary N) is 1. The molecule has 8 heteroatoms. The van der Waals surface area contributed by atoms with Gasteiger partial charge in [-0.05, 0) is 10.4 Å². The molecule has 2 aromatic rings. The van der Waals surface area contributed by atoms with Gasteiger partial charge in [0, 0.05) is 13.5 Å². The van der Waals surface area contributed by atoms with Crippen LogP contribution in [0.4, 0.5) is 5.95 Å². The van der Waals surface area contributed by atoms with Crippen LogP contribution in [0.25, 0.3) is 0 Å². The van der Waals surface area contributed by atoms with E-state index in [0.29, 0.717) is 18.9 Å². The van der Waals surface area contributed by atoms with Crippen molar-refractivity contribution in [1.29, 1.82) is 0 Å². The van der Waals surface area contributed by atoms with Gasteiger partial charge in [-0.3, -0.25) is 0 Å². The fraction of sp³-hybridized carbons (Fsp3) is 0.500. The van der Waals surface area contributed by atoms with Crippen molar-refractivity contribution in [2.45, 2.75) is 13.0 Å². The maximum absolute atomic E-state index is 5.50. The molecule has 2 rings (SSSR count). The predicted octanol–water partition coefficient (Wildman–Crippen LogP) is -1.37. The van der Waals surface area contributed by atoms with Crippen LogP contribution in [0.1, 0.15) is 5.82 Å². The van der Waals surface area contributed by atoms with Crippen molar-refractivity contribution < 1.29 is 0 Å².